The summed E-state index contributed by atoms with van der Waals surface area (Å²) in [5, 5.41) is 6.21. The molecule has 2 unspecified atom stereocenters. The van der Waals surface area contributed by atoms with Crippen molar-refractivity contribution in [1.82, 2.24) is 14.3 Å². The smallest absolute Gasteiger partial charge is 0.216 e. The van der Waals surface area contributed by atoms with Gasteiger partial charge in [0.1, 0.15) is 17.0 Å². The van der Waals surface area contributed by atoms with Crippen molar-refractivity contribution in [2.45, 2.75) is 26.1 Å². The molecule has 1 aliphatic rings. The Morgan fingerprint density at radius 1 is 1.17 bits per heavy atom. The molecule has 9 heteroatoms. The number of ether oxygens (including phenoxy) is 1. The number of fused-ring (bicyclic) bond motifs is 1. The molecule has 1 saturated heterocycles. The van der Waals surface area contributed by atoms with E-state index in [2.05, 4.69) is 20.7 Å². The number of anilines is 1. The van der Waals surface area contributed by atoms with Crippen LogP contribution in [0.3, 0.4) is 0 Å². The number of rotatable bonds is 6. The lowest BCUT2D eigenvalue weighted by Crippen LogP contribution is -2.49. The van der Waals surface area contributed by atoms with Crippen molar-refractivity contribution in [2.75, 3.05) is 30.7 Å². The standard InChI is InChI=1S/C20H24N4O3S2/c1-14-10-24(11-15(2)27-14)29(25,26)9-8-21-19-18-17(16-6-4-3-5-7-16)12-28-20(18)23-13-22-19/h3-7,12-15H,8-11H2,1-2H3,(H,21,22,23). The highest BCUT2D eigenvalue weighted by molar-refractivity contribution is 7.89. The third kappa shape index (κ3) is 4.42. The third-order valence-corrected chi connectivity index (χ3v) is 7.58. The monoisotopic (exact) mass is 432 g/mol. The van der Waals surface area contributed by atoms with Gasteiger partial charge >= 0.3 is 0 Å². The SMILES string of the molecule is CC1CN(S(=O)(=O)CCNc2ncnc3scc(-c4ccccc4)c23)CC(C)O1. The summed E-state index contributed by atoms with van der Waals surface area (Å²) in [6.45, 7) is 4.87. The van der Waals surface area contributed by atoms with E-state index in [-0.39, 0.29) is 24.5 Å². The zero-order chi connectivity index (χ0) is 20.4. The zero-order valence-corrected chi connectivity index (χ0v) is 18.0. The third-order valence-electron chi connectivity index (χ3n) is 4.89. The van der Waals surface area contributed by atoms with Crippen LogP contribution in [0, 0.1) is 0 Å². The highest BCUT2D eigenvalue weighted by Gasteiger charge is 2.30. The molecular formula is C20H24N4O3S2. The van der Waals surface area contributed by atoms with E-state index in [1.807, 2.05) is 44.2 Å². The Hall–Kier alpha value is -2.07. The minimum absolute atomic E-state index is 0.00272. The van der Waals surface area contributed by atoms with E-state index in [0.29, 0.717) is 18.9 Å². The van der Waals surface area contributed by atoms with Crippen LogP contribution in [0.5, 0.6) is 0 Å². The lowest BCUT2D eigenvalue weighted by atomic mass is 10.1. The molecule has 1 aliphatic heterocycles. The van der Waals surface area contributed by atoms with Crippen LogP contribution >= 0.6 is 11.3 Å². The number of morpholine rings is 1. The molecule has 3 aromatic rings. The van der Waals surface area contributed by atoms with Gasteiger partial charge in [-0.25, -0.2) is 18.4 Å². The first-order chi connectivity index (χ1) is 13.9. The number of aromatic nitrogens is 2. The van der Waals surface area contributed by atoms with Gasteiger partial charge in [-0.1, -0.05) is 30.3 Å². The van der Waals surface area contributed by atoms with Crippen molar-refractivity contribution in [3.63, 3.8) is 0 Å². The summed E-state index contributed by atoms with van der Waals surface area (Å²) >= 11 is 1.55. The number of benzene rings is 1. The van der Waals surface area contributed by atoms with Crippen molar-refractivity contribution in [2.24, 2.45) is 0 Å². The van der Waals surface area contributed by atoms with Gasteiger partial charge in [-0.15, -0.1) is 11.3 Å². The van der Waals surface area contributed by atoms with Crippen LogP contribution < -0.4 is 5.32 Å². The highest BCUT2D eigenvalue weighted by Crippen LogP contribution is 2.36. The molecule has 1 N–H and O–H groups in total. The van der Waals surface area contributed by atoms with Crippen molar-refractivity contribution >= 4 is 37.4 Å². The minimum atomic E-state index is -3.37. The molecule has 3 heterocycles. The number of sulfonamides is 1. The Labute approximate surface area is 174 Å². The second kappa shape index (κ2) is 8.35. The average Bonchev–Trinajstić information content (AvgIpc) is 3.13. The topological polar surface area (TPSA) is 84.4 Å². The fourth-order valence-electron chi connectivity index (χ4n) is 3.62. The molecule has 0 saturated carbocycles. The Kier molecular flexibility index (Phi) is 5.82. The normalized spacial score (nSPS) is 20.8. The van der Waals surface area contributed by atoms with E-state index >= 15 is 0 Å². The predicted molar refractivity (Wildman–Crippen MR) is 117 cm³/mol. The molecule has 0 spiro atoms. The zero-order valence-electron chi connectivity index (χ0n) is 16.4. The summed E-state index contributed by atoms with van der Waals surface area (Å²) in [6, 6.07) is 10.1. The van der Waals surface area contributed by atoms with Crippen molar-refractivity contribution < 1.29 is 13.2 Å². The summed E-state index contributed by atoms with van der Waals surface area (Å²) in [5.74, 6) is 0.664. The second-order valence-corrected chi connectivity index (χ2v) is 10.2. The van der Waals surface area contributed by atoms with E-state index in [1.54, 1.807) is 11.3 Å². The fraction of sp³-hybridized carbons (Fsp3) is 0.400. The van der Waals surface area contributed by atoms with Gasteiger partial charge in [-0.2, -0.15) is 4.31 Å². The number of hydrogen-bond donors (Lipinski definition) is 1. The first-order valence-electron chi connectivity index (χ1n) is 9.59. The van der Waals surface area contributed by atoms with Gasteiger partial charge in [-0.05, 0) is 19.4 Å². The quantitative estimate of drug-likeness (QED) is 0.644. The molecule has 0 aliphatic carbocycles. The molecule has 2 aromatic heterocycles. The van der Waals surface area contributed by atoms with Crippen LogP contribution in [-0.2, 0) is 14.8 Å². The summed E-state index contributed by atoms with van der Waals surface area (Å²) < 4.78 is 32.7. The van der Waals surface area contributed by atoms with Crippen LogP contribution in [0.2, 0.25) is 0 Å². The molecular weight excluding hydrogens is 408 g/mol. The Bertz CT molecular complexity index is 1080. The van der Waals surface area contributed by atoms with Crippen LogP contribution in [0.15, 0.2) is 42.0 Å². The maximum Gasteiger partial charge on any atom is 0.216 e. The second-order valence-electron chi connectivity index (χ2n) is 7.23. The first-order valence-corrected chi connectivity index (χ1v) is 12.1. The van der Waals surface area contributed by atoms with Gasteiger partial charge in [0.25, 0.3) is 0 Å². The summed E-state index contributed by atoms with van der Waals surface area (Å²) in [6.07, 6.45) is 1.32. The largest absolute Gasteiger partial charge is 0.373 e. The van der Waals surface area contributed by atoms with Gasteiger partial charge in [0.2, 0.25) is 10.0 Å². The molecule has 1 fully saturated rings. The Morgan fingerprint density at radius 3 is 2.62 bits per heavy atom. The lowest BCUT2D eigenvalue weighted by Gasteiger charge is -2.34. The molecule has 0 radical (unpaired) electrons. The van der Waals surface area contributed by atoms with Crippen molar-refractivity contribution in [3.8, 4) is 11.1 Å². The van der Waals surface area contributed by atoms with E-state index in [4.69, 9.17) is 4.74 Å². The fourth-order valence-corrected chi connectivity index (χ4v) is 6.03. The van der Waals surface area contributed by atoms with Crippen LogP contribution in [0.25, 0.3) is 21.3 Å². The number of hydrogen-bond acceptors (Lipinski definition) is 7. The molecule has 0 bridgehead atoms. The van der Waals surface area contributed by atoms with Gasteiger partial charge in [0.15, 0.2) is 0 Å². The summed E-state index contributed by atoms with van der Waals surface area (Å²) in [4.78, 5) is 9.61. The van der Waals surface area contributed by atoms with Gasteiger partial charge in [-0.3, -0.25) is 0 Å². The molecule has 7 nitrogen and oxygen atoms in total. The van der Waals surface area contributed by atoms with Crippen LogP contribution in [0.4, 0.5) is 5.82 Å². The summed E-state index contributed by atoms with van der Waals surface area (Å²) in [5.41, 5.74) is 2.13. The van der Waals surface area contributed by atoms with Crippen LogP contribution in [0.1, 0.15) is 13.8 Å². The van der Waals surface area contributed by atoms with E-state index in [9.17, 15) is 8.42 Å². The maximum atomic E-state index is 12.8. The van der Waals surface area contributed by atoms with Crippen molar-refractivity contribution in [1.29, 1.82) is 0 Å². The molecule has 154 valence electrons. The number of nitrogens with zero attached hydrogens (tertiary/aromatic N) is 3. The molecule has 29 heavy (non-hydrogen) atoms. The Morgan fingerprint density at radius 2 is 1.90 bits per heavy atom. The first kappa shape index (κ1) is 20.2. The van der Waals surface area contributed by atoms with Crippen LogP contribution in [-0.4, -0.2) is 60.3 Å². The average molecular weight is 433 g/mol. The van der Waals surface area contributed by atoms with Gasteiger partial charge in [0, 0.05) is 30.6 Å². The van der Waals surface area contributed by atoms with Crippen molar-refractivity contribution in [3.05, 3.63) is 42.0 Å². The Balaban J connectivity index is 1.51. The predicted octanol–water partition coefficient (Wildman–Crippen LogP) is 3.21. The van der Waals surface area contributed by atoms with E-state index in [0.717, 1.165) is 21.3 Å². The molecule has 1 aromatic carbocycles. The maximum absolute atomic E-state index is 12.8. The minimum Gasteiger partial charge on any atom is -0.373 e. The summed E-state index contributed by atoms with van der Waals surface area (Å²) in [7, 11) is -3.37. The molecule has 4 rings (SSSR count). The van der Waals surface area contributed by atoms with Gasteiger partial charge < -0.3 is 10.1 Å². The van der Waals surface area contributed by atoms with E-state index in [1.165, 1.54) is 10.6 Å². The highest BCUT2D eigenvalue weighted by atomic mass is 32.2. The molecule has 0 amide bonds. The van der Waals surface area contributed by atoms with Gasteiger partial charge in [0.05, 0.1) is 23.3 Å². The molecule has 2 atom stereocenters. The lowest BCUT2D eigenvalue weighted by molar-refractivity contribution is -0.0440. The number of nitrogens with one attached hydrogen (secondary N) is 1. The van der Waals surface area contributed by atoms with E-state index < -0.39 is 10.0 Å². The number of thiophene rings is 1.